The molecule has 0 aliphatic carbocycles. The minimum Gasteiger partial charge on any atom is -0.542 e. The minimum atomic E-state index is -5.19. The van der Waals surface area contributed by atoms with Crippen molar-refractivity contribution in [1.82, 2.24) is 20.4 Å². The molecule has 2 aliphatic heterocycles. The summed E-state index contributed by atoms with van der Waals surface area (Å²) in [5.41, 5.74) is 5.10. The summed E-state index contributed by atoms with van der Waals surface area (Å²) in [7, 11) is 2.20. The van der Waals surface area contributed by atoms with Crippen LogP contribution < -0.4 is 15.7 Å². The van der Waals surface area contributed by atoms with Gasteiger partial charge in [-0.05, 0) is 53.9 Å². The van der Waals surface area contributed by atoms with Gasteiger partial charge in [-0.1, -0.05) is 36.4 Å². The van der Waals surface area contributed by atoms with Crippen LogP contribution >= 0.6 is 0 Å². The van der Waals surface area contributed by atoms with Crippen molar-refractivity contribution >= 4 is 18.3 Å². The van der Waals surface area contributed by atoms with Crippen LogP contribution in [0.3, 0.4) is 0 Å². The number of nitrogens with zero attached hydrogens (tertiary/aromatic N) is 3. The molecule has 13 heteroatoms. The number of carbonyl (C=O) groups is 3. The number of quaternary nitrogens is 1. The molecule has 0 aromatic heterocycles. The van der Waals surface area contributed by atoms with E-state index in [1.807, 2.05) is 41.3 Å². The zero-order valence-corrected chi connectivity index (χ0v) is 27.1. The van der Waals surface area contributed by atoms with Crippen LogP contribution in [0.5, 0.6) is 0 Å². The number of likely N-dealkylation sites (N-methyl/N-ethyl adjacent to an activating group) is 1. The number of alkyl halides is 3. The molecule has 3 aromatic carbocycles. The first-order valence-corrected chi connectivity index (χ1v) is 15.8. The summed E-state index contributed by atoms with van der Waals surface area (Å²) in [6.07, 6.45) is -4.27. The highest BCUT2D eigenvalue weighted by atomic mass is 19.4. The zero-order valence-electron chi connectivity index (χ0n) is 27.1. The van der Waals surface area contributed by atoms with E-state index in [0.717, 1.165) is 92.0 Å². The molecule has 0 bridgehead atoms. The smallest absolute Gasteiger partial charge is 0.430 e. The van der Waals surface area contributed by atoms with Crippen molar-refractivity contribution < 1.29 is 41.5 Å². The normalized spacial score (nSPS) is 18.0. The third kappa shape index (κ3) is 10.6. The summed E-state index contributed by atoms with van der Waals surface area (Å²) in [4.78, 5) is 37.1. The molecule has 0 unspecified atom stereocenters. The van der Waals surface area contributed by atoms with Crippen LogP contribution in [-0.4, -0.2) is 97.6 Å². The number of carboxylic acids is 1. The van der Waals surface area contributed by atoms with Crippen molar-refractivity contribution in [1.29, 1.82) is 0 Å². The maximum Gasteiger partial charge on any atom is 0.430 e. The molecule has 258 valence electrons. The number of benzene rings is 3. The van der Waals surface area contributed by atoms with Crippen LogP contribution in [0.15, 0.2) is 66.7 Å². The topological polar surface area (TPSA) is 105 Å². The van der Waals surface area contributed by atoms with Crippen LogP contribution in [0.4, 0.5) is 17.6 Å². The number of nitrogens with one attached hydrogen (secondary N) is 2. The summed E-state index contributed by atoms with van der Waals surface area (Å²) in [6, 6.07) is 21.4. The van der Waals surface area contributed by atoms with Gasteiger partial charge >= 0.3 is 6.18 Å². The third-order valence-electron chi connectivity index (χ3n) is 8.57. The summed E-state index contributed by atoms with van der Waals surface area (Å²) < 4.78 is 47.3. The standard InChI is InChI=1S/C33H40FN5O2.C2HF3O2/c1-25-21-38(12-11-35-25)22-27-5-3-7-29(17-27)31-19-26(9-10-32(31)34)20-36-33(41)30-8-4-6-28(18-30)23-39(2)15-13-37(24-40)14-16-39;3-2(4,5)1(6)7/h3-10,17-19,24-25,35H,11-16,20-23H2,1-2H3;(H,6,7)/t25-;/m0./s1. The van der Waals surface area contributed by atoms with Crippen LogP contribution in [0.25, 0.3) is 11.1 Å². The third-order valence-corrected chi connectivity index (χ3v) is 8.57. The number of carboxylic acid groups (broad SMARTS) is 1. The number of carbonyl (C=O) groups excluding carboxylic acids is 3. The van der Waals surface area contributed by atoms with Gasteiger partial charge in [-0.2, -0.15) is 13.2 Å². The lowest BCUT2D eigenvalue weighted by Crippen LogP contribution is -2.56. The molecule has 2 heterocycles. The molecule has 0 spiro atoms. The van der Waals surface area contributed by atoms with Crippen LogP contribution in [-0.2, 0) is 29.2 Å². The van der Waals surface area contributed by atoms with E-state index in [1.165, 1.54) is 6.07 Å². The van der Waals surface area contributed by atoms with Gasteiger partial charge in [0.05, 0.1) is 33.2 Å². The first kappa shape index (κ1) is 36.5. The zero-order chi connectivity index (χ0) is 34.9. The molecule has 9 nitrogen and oxygen atoms in total. The van der Waals surface area contributed by atoms with Crippen LogP contribution in [0.1, 0.15) is 34.0 Å². The lowest BCUT2D eigenvalue weighted by molar-refractivity contribution is -0.926. The molecule has 3 aromatic rings. The van der Waals surface area contributed by atoms with Crippen molar-refractivity contribution in [3.05, 3.63) is 94.8 Å². The predicted octanol–water partition coefficient (Wildman–Crippen LogP) is 2.93. The number of aliphatic carboxylic acids is 1. The Morgan fingerprint density at radius 3 is 2.35 bits per heavy atom. The number of halogens is 4. The van der Waals surface area contributed by atoms with E-state index >= 15 is 0 Å². The van der Waals surface area contributed by atoms with Gasteiger partial charge in [-0.3, -0.25) is 14.5 Å². The fourth-order valence-electron chi connectivity index (χ4n) is 5.92. The quantitative estimate of drug-likeness (QED) is 0.206. The highest BCUT2D eigenvalue weighted by molar-refractivity contribution is 5.94. The van der Waals surface area contributed by atoms with E-state index in [0.29, 0.717) is 23.7 Å². The Hall–Kier alpha value is -4.33. The van der Waals surface area contributed by atoms with E-state index in [-0.39, 0.29) is 11.7 Å². The average Bonchev–Trinajstić information content (AvgIpc) is 3.04. The first-order valence-electron chi connectivity index (χ1n) is 15.8. The lowest BCUT2D eigenvalue weighted by Gasteiger charge is -2.41. The highest BCUT2D eigenvalue weighted by Crippen LogP contribution is 2.26. The number of piperazine rings is 2. The van der Waals surface area contributed by atoms with Gasteiger partial charge in [0.1, 0.15) is 18.3 Å². The Morgan fingerprint density at radius 1 is 1.00 bits per heavy atom. The Balaban J connectivity index is 0.000000671. The predicted molar refractivity (Wildman–Crippen MR) is 171 cm³/mol. The molecule has 2 amide bonds. The van der Waals surface area contributed by atoms with Crippen molar-refractivity contribution in [3.8, 4) is 11.1 Å². The van der Waals surface area contributed by atoms with Gasteiger partial charge in [0.15, 0.2) is 0 Å². The summed E-state index contributed by atoms with van der Waals surface area (Å²) in [6.45, 7) is 10.4. The lowest BCUT2D eigenvalue weighted by atomic mass is 10.00. The number of rotatable bonds is 9. The fourth-order valence-corrected chi connectivity index (χ4v) is 5.92. The van der Waals surface area contributed by atoms with Gasteiger partial charge in [0.2, 0.25) is 6.41 Å². The van der Waals surface area contributed by atoms with Gasteiger partial charge in [-0.25, -0.2) is 4.39 Å². The van der Waals surface area contributed by atoms with Crippen molar-refractivity contribution in [3.63, 3.8) is 0 Å². The summed E-state index contributed by atoms with van der Waals surface area (Å²) in [5, 5.41) is 15.3. The van der Waals surface area contributed by atoms with Gasteiger partial charge in [-0.15, -0.1) is 0 Å². The first-order chi connectivity index (χ1) is 22.7. The summed E-state index contributed by atoms with van der Waals surface area (Å²) >= 11 is 0. The summed E-state index contributed by atoms with van der Waals surface area (Å²) in [5.74, 6) is -3.43. The maximum atomic E-state index is 14.9. The molecule has 1 atom stereocenters. The second-order valence-corrected chi connectivity index (χ2v) is 12.6. The molecule has 2 aliphatic rings. The molecule has 0 saturated carbocycles. The molecular weight excluding hydrogens is 630 g/mol. The monoisotopic (exact) mass is 671 g/mol. The van der Waals surface area contributed by atoms with Crippen LogP contribution in [0, 0.1) is 5.82 Å². The van der Waals surface area contributed by atoms with Crippen LogP contribution in [0.2, 0.25) is 0 Å². The molecule has 2 N–H and O–H groups in total. The van der Waals surface area contributed by atoms with Gasteiger partial charge in [0.25, 0.3) is 5.91 Å². The van der Waals surface area contributed by atoms with Crippen molar-refractivity contribution in [2.75, 3.05) is 52.9 Å². The average molecular weight is 672 g/mol. The van der Waals surface area contributed by atoms with E-state index in [1.54, 1.807) is 6.07 Å². The van der Waals surface area contributed by atoms with Crippen molar-refractivity contribution in [2.24, 2.45) is 0 Å². The van der Waals surface area contributed by atoms with E-state index in [2.05, 4.69) is 47.7 Å². The molecule has 48 heavy (non-hydrogen) atoms. The fraction of sp³-hybridized carbons (Fsp3) is 0.400. The Kier molecular flexibility index (Phi) is 12.3. The maximum absolute atomic E-state index is 14.9. The second-order valence-electron chi connectivity index (χ2n) is 12.6. The molecule has 0 radical (unpaired) electrons. The Labute approximate surface area is 277 Å². The number of amides is 2. The van der Waals surface area contributed by atoms with Gasteiger partial charge in [0, 0.05) is 55.5 Å². The largest absolute Gasteiger partial charge is 0.542 e. The molecular formula is C35H41F4N5O4. The van der Waals surface area contributed by atoms with E-state index in [9.17, 15) is 27.2 Å². The van der Waals surface area contributed by atoms with Crippen molar-refractivity contribution in [2.45, 2.75) is 38.8 Å². The number of hydrogen-bond donors (Lipinski definition) is 2. The molecule has 2 saturated heterocycles. The van der Waals surface area contributed by atoms with E-state index in [4.69, 9.17) is 9.90 Å². The van der Waals surface area contributed by atoms with Gasteiger partial charge < -0.3 is 29.9 Å². The highest BCUT2D eigenvalue weighted by Gasteiger charge is 2.29. The second kappa shape index (κ2) is 16.2. The van der Waals surface area contributed by atoms with E-state index < -0.39 is 12.1 Å². The Bertz CT molecular complexity index is 1580. The number of hydrogen-bond acceptors (Lipinski definition) is 6. The minimum absolute atomic E-state index is 0.154. The SMILES string of the molecule is C[C@H]1CN(Cc2cccc(-c3cc(CNC(=O)c4cccc(C[N+]5(C)CCN(C=O)CC5)c4)ccc3F)c2)CCN1.O=C([O-])C(F)(F)F. The molecule has 2 fully saturated rings. The molecule has 5 rings (SSSR count). The Morgan fingerprint density at radius 2 is 1.69 bits per heavy atom.